The first-order valence-corrected chi connectivity index (χ1v) is 7.28. The van der Waals surface area contributed by atoms with E-state index in [-0.39, 0.29) is 16.5 Å². The molecule has 0 aliphatic heterocycles. The molecule has 0 bridgehead atoms. The first kappa shape index (κ1) is 14.4. The van der Waals surface area contributed by atoms with Crippen molar-refractivity contribution < 1.29 is 8.78 Å². The average Bonchev–Trinajstić information content (AvgIpc) is 2.87. The van der Waals surface area contributed by atoms with Crippen molar-refractivity contribution in [2.75, 3.05) is 0 Å². The molecule has 3 rings (SSSR count). The molecule has 3 aromatic rings. The molecule has 1 aromatic carbocycles. The Bertz CT molecular complexity index is 955. The number of H-pyrrole nitrogens is 1. The maximum atomic E-state index is 12.8. The number of nitrogens with one attached hydrogen (secondary N) is 1. The quantitative estimate of drug-likeness (QED) is 0.719. The van der Waals surface area contributed by atoms with Crippen molar-refractivity contribution in [2.24, 2.45) is 0 Å². The fraction of sp³-hybridized carbons (Fsp3) is 0.182. The second-order valence-electron chi connectivity index (χ2n) is 4.20. The zero-order valence-corrected chi connectivity index (χ0v) is 12.8. The predicted octanol–water partition coefficient (Wildman–Crippen LogP) is 3.66. The first-order chi connectivity index (χ1) is 9.88. The Balaban J connectivity index is 2.30. The summed E-state index contributed by atoms with van der Waals surface area (Å²) in [5.41, 5.74) is -0.0566. The van der Waals surface area contributed by atoms with E-state index in [1.807, 2.05) is 0 Å². The fourth-order valence-corrected chi connectivity index (χ4v) is 3.43. The van der Waals surface area contributed by atoms with Gasteiger partial charge in [-0.3, -0.25) is 0 Å². The van der Waals surface area contributed by atoms with Crippen molar-refractivity contribution >= 4 is 45.4 Å². The number of halogens is 3. The van der Waals surface area contributed by atoms with Crippen LogP contribution in [0, 0.1) is 10.9 Å². The Kier molecular flexibility index (Phi) is 3.42. The van der Waals surface area contributed by atoms with Gasteiger partial charge in [0.2, 0.25) is 0 Å². The molecule has 21 heavy (non-hydrogen) atoms. The van der Waals surface area contributed by atoms with Gasteiger partial charge in [0.15, 0.2) is 3.95 Å². The minimum Gasteiger partial charge on any atom is -0.337 e. The van der Waals surface area contributed by atoms with Crippen LogP contribution in [0.5, 0.6) is 0 Å². The lowest BCUT2D eigenvalue weighted by Crippen LogP contribution is -2.24. The van der Waals surface area contributed by atoms with Crippen molar-refractivity contribution in [2.45, 2.75) is 13.5 Å². The number of aromatic amines is 1. The van der Waals surface area contributed by atoms with Crippen molar-refractivity contribution in [3.63, 3.8) is 0 Å². The smallest absolute Gasteiger partial charge is 0.337 e. The number of hydrogen-bond donors (Lipinski definition) is 1. The van der Waals surface area contributed by atoms with Crippen LogP contribution in [-0.2, 0) is 0 Å². The zero-order chi connectivity index (χ0) is 15.3. The highest BCUT2D eigenvalue weighted by Crippen LogP contribution is 2.28. The van der Waals surface area contributed by atoms with Crippen LogP contribution in [0.1, 0.15) is 12.4 Å². The summed E-state index contributed by atoms with van der Waals surface area (Å²) < 4.78 is 28.2. The van der Waals surface area contributed by atoms with Crippen molar-refractivity contribution in [1.82, 2.24) is 19.3 Å². The minimum atomic E-state index is -2.96. The lowest BCUT2D eigenvalue weighted by atomic mass is 10.3. The molecule has 0 saturated heterocycles. The summed E-state index contributed by atoms with van der Waals surface area (Å²) in [6.45, 7) is -1.63. The largest absolute Gasteiger partial charge is 0.355 e. The van der Waals surface area contributed by atoms with Gasteiger partial charge in [-0.15, -0.1) is 16.4 Å². The number of nitrogens with zero attached hydrogens (tertiary/aromatic N) is 3. The summed E-state index contributed by atoms with van der Waals surface area (Å²) in [4.78, 5) is 15.0. The summed E-state index contributed by atoms with van der Waals surface area (Å²) in [6, 6.07) is 3.18. The number of aryl methyl sites for hydroxylation is 1. The normalized spacial score (nSPS) is 11.7. The van der Waals surface area contributed by atoms with Crippen LogP contribution in [0.3, 0.4) is 0 Å². The number of thiazole rings is 1. The maximum absolute atomic E-state index is 12.8. The molecular weight excluding hydrogens is 342 g/mol. The predicted molar refractivity (Wildman–Crippen MR) is 79.4 cm³/mol. The van der Waals surface area contributed by atoms with Crippen LogP contribution in [0.15, 0.2) is 16.9 Å². The number of benzene rings is 1. The summed E-state index contributed by atoms with van der Waals surface area (Å²) in [7, 11) is 0. The third-order valence-corrected chi connectivity index (χ3v) is 4.39. The highest BCUT2D eigenvalue weighted by atomic mass is 35.5. The van der Waals surface area contributed by atoms with Gasteiger partial charge in [0, 0.05) is 0 Å². The lowest BCUT2D eigenvalue weighted by Gasteiger charge is -2.03. The molecule has 0 fully saturated rings. The molecule has 2 aromatic heterocycles. The van der Waals surface area contributed by atoms with Gasteiger partial charge in [-0.2, -0.15) is 13.5 Å². The molecule has 0 aliphatic carbocycles. The van der Waals surface area contributed by atoms with Gasteiger partial charge in [0.25, 0.3) is 0 Å². The monoisotopic (exact) mass is 348 g/mol. The van der Waals surface area contributed by atoms with Crippen molar-refractivity contribution in [3.05, 3.63) is 37.4 Å². The van der Waals surface area contributed by atoms with Crippen LogP contribution in [0.25, 0.3) is 15.9 Å². The standard InChI is InChI=1S/C11H7ClF2N4OS2/c1-4-16-18(11(19)17(4)9(13)14)7-3-6-8(2-5(7)12)21-10(20)15-6/h2-3,9H,1H3,(H,15,20). The summed E-state index contributed by atoms with van der Waals surface area (Å²) in [6.07, 6.45) is 0. The van der Waals surface area contributed by atoms with E-state index in [2.05, 4.69) is 10.1 Å². The van der Waals surface area contributed by atoms with Crippen molar-refractivity contribution in [1.29, 1.82) is 0 Å². The molecule has 2 heterocycles. The number of fused-ring (bicyclic) bond motifs is 1. The van der Waals surface area contributed by atoms with E-state index in [0.717, 1.165) is 9.38 Å². The maximum Gasteiger partial charge on any atom is 0.355 e. The number of rotatable bonds is 2. The van der Waals surface area contributed by atoms with Crippen molar-refractivity contribution in [3.8, 4) is 5.69 Å². The second kappa shape index (κ2) is 5.00. The molecular formula is C11H7ClF2N4OS2. The zero-order valence-electron chi connectivity index (χ0n) is 10.4. The highest BCUT2D eigenvalue weighted by Gasteiger charge is 2.20. The number of aromatic nitrogens is 4. The topological polar surface area (TPSA) is 55.6 Å². The van der Waals surface area contributed by atoms with Gasteiger partial charge < -0.3 is 4.98 Å². The number of hydrogen-bond acceptors (Lipinski definition) is 4. The Morgan fingerprint density at radius 2 is 2.19 bits per heavy atom. The molecule has 1 N–H and O–H groups in total. The third kappa shape index (κ3) is 2.30. The summed E-state index contributed by atoms with van der Waals surface area (Å²) >= 11 is 12.5. The van der Waals surface area contributed by atoms with E-state index in [0.29, 0.717) is 14.0 Å². The lowest BCUT2D eigenvalue weighted by molar-refractivity contribution is 0.0640. The van der Waals surface area contributed by atoms with Gasteiger partial charge in [0.05, 0.1) is 20.9 Å². The van der Waals surface area contributed by atoms with Gasteiger partial charge >= 0.3 is 12.2 Å². The first-order valence-electron chi connectivity index (χ1n) is 5.67. The molecule has 0 aliphatic rings. The SMILES string of the molecule is Cc1nn(-c2cc3[nH]c(=S)sc3cc2Cl)c(=O)n1C(F)F. The van der Waals surface area contributed by atoms with E-state index in [4.69, 9.17) is 23.8 Å². The molecule has 0 radical (unpaired) electrons. The van der Waals surface area contributed by atoms with Gasteiger partial charge in [-0.25, -0.2) is 9.36 Å². The van der Waals surface area contributed by atoms with Crippen LogP contribution < -0.4 is 5.69 Å². The van der Waals surface area contributed by atoms with Crippen LogP contribution in [-0.4, -0.2) is 19.3 Å². The Labute approximate surface area is 130 Å². The Morgan fingerprint density at radius 3 is 2.81 bits per heavy atom. The fourth-order valence-electron chi connectivity index (χ4n) is 1.98. The molecule has 0 amide bonds. The van der Waals surface area contributed by atoms with Crippen LogP contribution >= 0.6 is 35.2 Å². The molecule has 0 atom stereocenters. The second-order valence-corrected chi connectivity index (χ2v) is 6.33. The molecule has 0 unspecified atom stereocenters. The van der Waals surface area contributed by atoms with Gasteiger partial charge in [0.1, 0.15) is 5.82 Å². The minimum absolute atomic E-state index is 0.0931. The van der Waals surface area contributed by atoms with E-state index in [1.165, 1.54) is 18.3 Å². The number of alkyl halides is 2. The van der Waals surface area contributed by atoms with Gasteiger partial charge in [-0.1, -0.05) is 11.6 Å². The third-order valence-electron chi connectivity index (χ3n) is 2.89. The van der Waals surface area contributed by atoms with E-state index in [9.17, 15) is 13.6 Å². The summed E-state index contributed by atoms with van der Waals surface area (Å²) in [5, 5.41) is 4.07. The summed E-state index contributed by atoms with van der Waals surface area (Å²) in [5.74, 6) is -0.0931. The molecule has 10 heteroatoms. The molecule has 0 saturated carbocycles. The van der Waals surface area contributed by atoms with Crippen LogP contribution in [0.2, 0.25) is 5.02 Å². The van der Waals surface area contributed by atoms with E-state index < -0.39 is 12.2 Å². The molecule has 110 valence electrons. The van der Waals surface area contributed by atoms with Gasteiger partial charge in [-0.05, 0) is 31.3 Å². The molecule has 5 nitrogen and oxygen atoms in total. The molecule has 0 spiro atoms. The Morgan fingerprint density at radius 1 is 1.48 bits per heavy atom. The highest BCUT2D eigenvalue weighted by molar-refractivity contribution is 7.73. The van der Waals surface area contributed by atoms with E-state index in [1.54, 1.807) is 12.1 Å². The Hall–Kier alpha value is -1.58. The average molecular weight is 349 g/mol. The van der Waals surface area contributed by atoms with E-state index >= 15 is 0 Å². The van der Waals surface area contributed by atoms with Crippen LogP contribution in [0.4, 0.5) is 8.78 Å².